The van der Waals surface area contributed by atoms with Crippen LogP contribution in [0, 0.1) is 0 Å². The zero-order valence-corrected chi connectivity index (χ0v) is 13.9. The van der Waals surface area contributed by atoms with E-state index in [-0.39, 0.29) is 0 Å². The second-order valence-corrected chi connectivity index (χ2v) is 8.34. The minimum atomic E-state index is 0.467. The zero-order chi connectivity index (χ0) is 14.4. The predicted octanol–water partition coefficient (Wildman–Crippen LogP) is 3.60. The SMILES string of the molecule is CC(C)NCC1CCCc2sc(C3CC4CCC3O4)nc21. The molecule has 3 aliphatic rings. The summed E-state index contributed by atoms with van der Waals surface area (Å²) in [4.78, 5) is 6.67. The van der Waals surface area contributed by atoms with Crippen molar-refractivity contribution in [2.24, 2.45) is 0 Å². The molecule has 0 radical (unpaired) electrons. The normalized spacial score (nSPS) is 34.6. The van der Waals surface area contributed by atoms with Crippen LogP contribution in [0.15, 0.2) is 0 Å². The van der Waals surface area contributed by atoms with Gasteiger partial charge >= 0.3 is 0 Å². The number of thiazole rings is 1. The molecular weight excluding hydrogens is 280 g/mol. The summed E-state index contributed by atoms with van der Waals surface area (Å²) < 4.78 is 6.03. The molecule has 1 aromatic heterocycles. The van der Waals surface area contributed by atoms with Crippen LogP contribution in [0.5, 0.6) is 0 Å². The van der Waals surface area contributed by atoms with E-state index in [4.69, 9.17) is 9.72 Å². The number of nitrogens with zero attached hydrogens (tertiary/aromatic N) is 1. The maximum Gasteiger partial charge on any atom is 0.0989 e. The summed E-state index contributed by atoms with van der Waals surface area (Å²) in [6.45, 7) is 5.53. The Bertz CT molecular complexity index is 513. The molecule has 0 saturated carbocycles. The van der Waals surface area contributed by atoms with Crippen molar-refractivity contribution in [3.63, 3.8) is 0 Å². The van der Waals surface area contributed by atoms with Gasteiger partial charge in [-0.25, -0.2) is 4.98 Å². The van der Waals surface area contributed by atoms with E-state index < -0.39 is 0 Å². The minimum absolute atomic E-state index is 0.467. The number of hydrogen-bond donors (Lipinski definition) is 1. The van der Waals surface area contributed by atoms with Gasteiger partial charge in [0.15, 0.2) is 0 Å². The fourth-order valence-corrected chi connectivity index (χ4v) is 5.52. The van der Waals surface area contributed by atoms with Crippen molar-refractivity contribution in [1.29, 1.82) is 0 Å². The largest absolute Gasteiger partial charge is 0.374 e. The number of aryl methyl sites for hydroxylation is 1. The van der Waals surface area contributed by atoms with Gasteiger partial charge in [0.25, 0.3) is 0 Å². The van der Waals surface area contributed by atoms with E-state index in [9.17, 15) is 0 Å². The van der Waals surface area contributed by atoms with Gasteiger partial charge in [-0.1, -0.05) is 13.8 Å². The Morgan fingerprint density at radius 1 is 1.33 bits per heavy atom. The topological polar surface area (TPSA) is 34.1 Å². The van der Waals surface area contributed by atoms with Crippen LogP contribution in [0.4, 0.5) is 0 Å². The highest BCUT2D eigenvalue weighted by atomic mass is 32.1. The summed E-state index contributed by atoms with van der Waals surface area (Å²) >= 11 is 1.99. The van der Waals surface area contributed by atoms with Gasteiger partial charge in [0, 0.05) is 29.3 Å². The van der Waals surface area contributed by atoms with Gasteiger partial charge in [0.1, 0.15) is 0 Å². The first-order valence-electron chi connectivity index (χ1n) is 8.59. The standard InChI is InChI=1S/C17H26N2OS/c1-10(2)18-9-11-4-3-5-15-16(11)19-17(21-15)13-8-12-6-7-14(13)20-12/h10-14,18H,3-9H2,1-2H3. The molecule has 21 heavy (non-hydrogen) atoms. The molecule has 0 amide bonds. The molecular formula is C17H26N2OS. The minimum Gasteiger partial charge on any atom is -0.374 e. The van der Waals surface area contributed by atoms with Crippen LogP contribution in [-0.4, -0.2) is 29.8 Å². The van der Waals surface area contributed by atoms with Gasteiger partial charge in [-0.2, -0.15) is 0 Å². The molecule has 0 aromatic carbocycles. The Balaban J connectivity index is 1.53. The molecule has 3 heterocycles. The lowest BCUT2D eigenvalue weighted by Gasteiger charge is -2.22. The summed E-state index contributed by atoms with van der Waals surface area (Å²) in [7, 11) is 0. The molecule has 4 heteroatoms. The van der Waals surface area contributed by atoms with Crippen molar-refractivity contribution < 1.29 is 4.74 Å². The number of fused-ring (bicyclic) bond motifs is 3. The highest BCUT2D eigenvalue weighted by molar-refractivity contribution is 7.11. The number of ether oxygens (including phenoxy) is 1. The lowest BCUT2D eigenvalue weighted by molar-refractivity contribution is 0.100. The van der Waals surface area contributed by atoms with Crippen LogP contribution in [0.25, 0.3) is 0 Å². The Kier molecular flexibility index (Phi) is 3.80. The zero-order valence-electron chi connectivity index (χ0n) is 13.1. The van der Waals surface area contributed by atoms with Gasteiger partial charge in [0.2, 0.25) is 0 Å². The van der Waals surface area contributed by atoms with Crippen LogP contribution in [-0.2, 0) is 11.2 Å². The Morgan fingerprint density at radius 2 is 2.24 bits per heavy atom. The van der Waals surface area contributed by atoms with Crippen molar-refractivity contribution in [3.05, 3.63) is 15.6 Å². The quantitative estimate of drug-likeness (QED) is 0.923. The summed E-state index contributed by atoms with van der Waals surface area (Å²) in [5.41, 5.74) is 1.41. The van der Waals surface area contributed by atoms with E-state index in [1.54, 1.807) is 4.88 Å². The Morgan fingerprint density at radius 3 is 2.95 bits per heavy atom. The molecule has 2 aliphatic heterocycles. The van der Waals surface area contributed by atoms with Crippen molar-refractivity contribution in [2.75, 3.05) is 6.54 Å². The highest BCUT2D eigenvalue weighted by Gasteiger charge is 2.43. The van der Waals surface area contributed by atoms with E-state index in [0.29, 0.717) is 30.1 Å². The van der Waals surface area contributed by atoms with Crippen molar-refractivity contribution in [1.82, 2.24) is 10.3 Å². The third kappa shape index (κ3) is 2.66. The highest BCUT2D eigenvalue weighted by Crippen LogP contribution is 2.47. The number of hydrogen-bond acceptors (Lipinski definition) is 4. The molecule has 1 N–H and O–H groups in total. The van der Waals surface area contributed by atoms with Crippen LogP contribution < -0.4 is 5.32 Å². The van der Waals surface area contributed by atoms with Crippen molar-refractivity contribution >= 4 is 11.3 Å². The van der Waals surface area contributed by atoms with E-state index in [0.717, 1.165) is 6.54 Å². The fraction of sp³-hybridized carbons (Fsp3) is 0.824. The third-order valence-electron chi connectivity index (χ3n) is 5.28. The number of nitrogens with one attached hydrogen (secondary N) is 1. The molecule has 3 nitrogen and oxygen atoms in total. The summed E-state index contributed by atoms with van der Waals surface area (Å²) in [6.07, 6.45) is 8.59. The van der Waals surface area contributed by atoms with E-state index in [2.05, 4.69) is 19.2 Å². The smallest absolute Gasteiger partial charge is 0.0989 e. The van der Waals surface area contributed by atoms with E-state index in [1.807, 2.05) is 11.3 Å². The van der Waals surface area contributed by atoms with Gasteiger partial charge < -0.3 is 10.1 Å². The summed E-state index contributed by atoms with van der Waals surface area (Å²) in [5.74, 6) is 1.22. The summed E-state index contributed by atoms with van der Waals surface area (Å²) in [6, 6.07) is 0.562. The molecule has 2 bridgehead atoms. The lowest BCUT2D eigenvalue weighted by atomic mass is 9.89. The molecule has 4 rings (SSSR count). The van der Waals surface area contributed by atoms with Crippen LogP contribution in [0.3, 0.4) is 0 Å². The second-order valence-electron chi connectivity index (χ2n) is 7.23. The van der Waals surface area contributed by atoms with E-state index in [1.165, 1.54) is 49.2 Å². The first-order chi connectivity index (χ1) is 10.2. The first kappa shape index (κ1) is 14.2. The number of aromatic nitrogens is 1. The Hall–Kier alpha value is -0.450. The number of rotatable bonds is 4. The maximum atomic E-state index is 6.03. The average molecular weight is 306 g/mol. The van der Waals surface area contributed by atoms with Gasteiger partial charge in [-0.05, 0) is 38.5 Å². The average Bonchev–Trinajstić information content (AvgIpc) is 3.18. The Labute approximate surface area is 131 Å². The van der Waals surface area contributed by atoms with Gasteiger partial charge in [-0.15, -0.1) is 11.3 Å². The molecule has 116 valence electrons. The first-order valence-corrected chi connectivity index (χ1v) is 9.40. The predicted molar refractivity (Wildman–Crippen MR) is 86.2 cm³/mol. The van der Waals surface area contributed by atoms with Crippen LogP contribution in [0.1, 0.15) is 73.4 Å². The summed E-state index contributed by atoms with van der Waals surface area (Å²) in [5, 5.41) is 4.98. The molecule has 1 aromatic rings. The van der Waals surface area contributed by atoms with Crippen LogP contribution >= 0.6 is 11.3 Å². The lowest BCUT2D eigenvalue weighted by Crippen LogP contribution is -2.29. The molecule has 4 unspecified atom stereocenters. The van der Waals surface area contributed by atoms with Gasteiger partial charge in [-0.3, -0.25) is 0 Å². The van der Waals surface area contributed by atoms with Crippen LogP contribution in [0.2, 0.25) is 0 Å². The molecule has 2 saturated heterocycles. The molecule has 2 fully saturated rings. The molecule has 1 aliphatic carbocycles. The third-order valence-corrected chi connectivity index (χ3v) is 6.55. The van der Waals surface area contributed by atoms with E-state index >= 15 is 0 Å². The maximum absolute atomic E-state index is 6.03. The molecule has 4 atom stereocenters. The monoisotopic (exact) mass is 306 g/mol. The second kappa shape index (κ2) is 5.64. The van der Waals surface area contributed by atoms with Crippen molar-refractivity contribution in [3.8, 4) is 0 Å². The van der Waals surface area contributed by atoms with Crippen molar-refractivity contribution in [2.45, 2.75) is 82.5 Å². The fourth-order valence-electron chi connectivity index (χ4n) is 4.16. The van der Waals surface area contributed by atoms with Gasteiger partial charge in [0.05, 0.1) is 22.9 Å². The molecule has 0 spiro atoms.